The maximum atomic E-state index is 5.55. The summed E-state index contributed by atoms with van der Waals surface area (Å²) in [4.78, 5) is 6.38. The van der Waals surface area contributed by atoms with Crippen molar-refractivity contribution in [2.75, 3.05) is 37.7 Å². The maximum absolute atomic E-state index is 5.55. The first kappa shape index (κ1) is 10.8. The number of nitrogens with one attached hydrogen (secondary N) is 1. The van der Waals surface area contributed by atoms with Crippen LogP contribution in [-0.4, -0.2) is 36.6 Å². The van der Waals surface area contributed by atoms with E-state index in [2.05, 4.69) is 29.2 Å². The summed E-state index contributed by atoms with van der Waals surface area (Å²) in [6.07, 6.45) is 0. The number of rotatable bonds is 5. The molecule has 4 heteroatoms. The van der Waals surface area contributed by atoms with Crippen molar-refractivity contribution in [3.63, 3.8) is 0 Å². The van der Waals surface area contributed by atoms with Crippen LogP contribution < -0.4 is 11.1 Å². The van der Waals surface area contributed by atoms with Crippen molar-refractivity contribution < 1.29 is 0 Å². The molecule has 0 atom stereocenters. The molecule has 1 heterocycles. The van der Waals surface area contributed by atoms with E-state index in [1.807, 2.05) is 12.1 Å². The molecule has 3 N–H and O–H groups in total. The van der Waals surface area contributed by atoms with Crippen LogP contribution in [0.25, 0.3) is 0 Å². The van der Waals surface area contributed by atoms with Gasteiger partial charge in [-0.25, -0.2) is 4.98 Å². The van der Waals surface area contributed by atoms with Crippen LogP contribution in [0.5, 0.6) is 0 Å². The molecule has 0 saturated carbocycles. The molecule has 78 valence electrons. The molecule has 1 rings (SSSR count). The minimum Gasteiger partial charge on any atom is -0.384 e. The zero-order valence-corrected chi connectivity index (χ0v) is 8.83. The average Bonchev–Trinajstić information content (AvgIpc) is 2.17. The van der Waals surface area contributed by atoms with E-state index in [0.29, 0.717) is 5.82 Å². The largest absolute Gasteiger partial charge is 0.384 e. The molecule has 0 saturated heterocycles. The van der Waals surface area contributed by atoms with Crippen LogP contribution in [0.4, 0.5) is 11.6 Å². The van der Waals surface area contributed by atoms with Crippen molar-refractivity contribution in [2.24, 2.45) is 0 Å². The number of nitrogens with two attached hydrogens (primary N) is 1. The van der Waals surface area contributed by atoms with E-state index in [1.165, 1.54) is 0 Å². The molecule has 0 aliphatic heterocycles. The monoisotopic (exact) mass is 194 g/mol. The van der Waals surface area contributed by atoms with Crippen LogP contribution in [0.15, 0.2) is 18.2 Å². The van der Waals surface area contributed by atoms with Crippen LogP contribution in [0.2, 0.25) is 0 Å². The Balaban J connectivity index is 2.31. The second-order valence-corrected chi connectivity index (χ2v) is 3.27. The van der Waals surface area contributed by atoms with Crippen LogP contribution in [-0.2, 0) is 0 Å². The standard InChI is InChI=1S/C10H18N4/c1-3-14(2)8-7-12-10-6-4-5-9(11)13-10/h4-6H,3,7-8H2,1-2H3,(H3,11,12,13). The number of aromatic nitrogens is 1. The van der Waals surface area contributed by atoms with E-state index in [-0.39, 0.29) is 0 Å². The van der Waals surface area contributed by atoms with Gasteiger partial charge in [0, 0.05) is 13.1 Å². The summed E-state index contributed by atoms with van der Waals surface area (Å²) < 4.78 is 0. The van der Waals surface area contributed by atoms with Gasteiger partial charge in [0.15, 0.2) is 0 Å². The van der Waals surface area contributed by atoms with Crippen molar-refractivity contribution in [1.29, 1.82) is 0 Å². The first-order valence-corrected chi connectivity index (χ1v) is 4.87. The molecular weight excluding hydrogens is 176 g/mol. The molecule has 0 aromatic carbocycles. The minimum absolute atomic E-state index is 0.554. The van der Waals surface area contributed by atoms with Gasteiger partial charge in [-0.15, -0.1) is 0 Å². The zero-order chi connectivity index (χ0) is 10.4. The Morgan fingerprint density at radius 3 is 2.93 bits per heavy atom. The lowest BCUT2D eigenvalue weighted by Crippen LogP contribution is -2.24. The molecule has 0 aliphatic carbocycles. The molecule has 0 spiro atoms. The second-order valence-electron chi connectivity index (χ2n) is 3.27. The molecular formula is C10H18N4. The van der Waals surface area contributed by atoms with Gasteiger partial charge < -0.3 is 16.0 Å². The van der Waals surface area contributed by atoms with E-state index in [1.54, 1.807) is 6.07 Å². The molecule has 0 amide bonds. The maximum Gasteiger partial charge on any atom is 0.128 e. The second kappa shape index (κ2) is 5.44. The summed E-state index contributed by atoms with van der Waals surface area (Å²) in [5.74, 6) is 1.40. The fraction of sp³-hybridized carbons (Fsp3) is 0.500. The Morgan fingerprint density at radius 1 is 1.50 bits per heavy atom. The molecule has 0 radical (unpaired) electrons. The topological polar surface area (TPSA) is 54.2 Å². The summed E-state index contributed by atoms with van der Waals surface area (Å²) >= 11 is 0. The van der Waals surface area contributed by atoms with Gasteiger partial charge in [0.1, 0.15) is 11.6 Å². The lowest BCUT2D eigenvalue weighted by Gasteiger charge is -2.14. The van der Waals surface area contributed by atoms with Crippen LogP contribution in [0, 0.1) is 0 Å². The fourth-order valence-corrected chi connectivity index (χ4v) is 1.08. The van der Waals surface area contributed by atoms with E-state index < -0.39 is 0 Å². The molecule has 0 bridgehead atoms. The summed E-state index contributed by atoms with van der Waals surface area (Å²) in [7, 11) is 2.09. The van der Waals surface area contributed by atoms with Crippen molar-refractivity contribution in [3.8, 4) is 0 Å². The quantitative estimate of drug-likeness (QED) is 0.735. The molecule has 1 aromatic heterocycles. The van der Waals surface area contributed by atoms with Crippen molar-refractivity contribution in [2.45, 2.75) is 6.92 Å². The third-order valence-corrected chi connectivity index (χ3v) is 2.11. The molecule has 0 fully saturated rings. The molecule has 0 unspecified atom stereocenters. The van der Waals surface area contributed by atoms with E-state index in [0.717, 1.165) is 25.5 Å². The molecule has 14 heavy (non-hydrogen) atoms. The highest BCUT2D eigenvalue weighted by atomic mass is 15.1. The predicted molar refractivity (Wildman–Crippen MR) is 60.3 cm³/mol. The SMILES string of the molecule is CCN(C)CCNc1cccc(N)n1. The fourth-order valence-electron chi connectivity index (χ4n) is 1.08. The summed E-state index contributed by atoms with van der Waals surface area (Å²) in [5.41, 5.74) is 5.55. The normalized spacial score (nSPS) is 10.5. The van der Waals surface area contributed by atoms with Crippen molar-refractivity contribution in [1.82, 2.24) is 9.88 Å². The van der Waals surface area contributed by atoms with Gasteiger partial charge in [-0.1, -0.05) is 13.0 Å². The van der Waals surface area contributed by atoms with Gasteiger partial charge in [-0.05, 0) is 25.7 Å². The van der Waals surface area contributed by atoms with Crippen LogP contribution >= 0.6 is 0 Å². The highest BCUT2D eigenvalue weighted by molar-refractivity contribution is 5.42. The number of hydrogen-bond acceptors (Lipinski definition) is 4. The van der Waals surface area contributed by atoms with Gasteiger partial charge in [0.2, 0.25) is 0 Å². The zero-order valence-electron chi connectivity index (χ0n) is 8.83. The van der Waals surface area contributed by atoms with Gasteiger partial charge >= 0.3 is 0 Å². The Bertz CT molecular complexity index is 275. The highest BCUT2D eigenvalue weighted by Crippen LogP contribution is 2.04. The van der Waals surface area contributed by atoms with Gasteiger partial charge in [0.25, 0.3) is 0 Å². The number of anilines is 2. The van der Waals surface area contributed by atoms with E-state index in [9.17, 15) is 0 Å². The van der Waals surface area contributed by atoms with Gasteiger partial charge in [-0.2, -0.15) is 0 Å². The highest BCUT2D eigenvalue weighted by Gasteiger charge is 1.95. The van der Waals surface area contributed by atoms with Gasteiger partial charge in [0.05, 0.1) is 0 Å². The molecule has 0 aliphatic rings. The Labute approximate surface area is 85.1 Å². The first-order valence-electron chi connectivity index (χ1n) is 4.87. The summed E-state index contributed by atoms with van der Waals surface area (Å²) in [6, 6.07) is 5.60. The lowest BCUT2D eigenvalue weighted by atomic mass is 10.4. The Morgan fingerprint density at radius 2 is 2.29 bits per heavy atom. The van der Waals surface area contributed by atoms with E-state index in [4.69, 9.17) is 5.73 Å². The van der Waals surface area contributed by atoms with Crippen LogP contribution in [0.3, 0.4) is 0 Å². The number of hydrogen-bond donors (Lipinski definition) is 2. The summed E-state index contributed by atoms with van der Waals surface area (Å²) in [6.45, 7) is 5.10. The predicted octanol–water partition coefficient (Wildman–Crippen LogP) is 1.03. The summed E-state index contributed by atoms with van der Waals surface area (Å²) in [5, 5.41) is 3.22. The van der Waals surface area contributed by atoms with Crippen molar-refractivity contribution >= 4 is 11.6 Å². The smallest absolute Gasteiger partial charge is 0.128 e. The minimum atomic E-state index is 0.554. The third kappa shape index (κ3) is 3.62. The molecule has 4 nitrogen and oxygen atoms in total. The van der Waals surface area contributed by atoms with Crippen LogP contribution in [0.1, 0.15) is 6.92 Å². The number of likely N-dealkylation sites (N-methyl/N-ethyl adjacent to an activating group) is 1. The van der Waals surface area contributed by atoms with E-state index >= 15 is 0 Å². The van der Waals surface area contributed by atoms with Crippen molar-refractivity contribution in [3.05, 3.63) is 18.2 Å². The number of nitrogen functional groups attached to an aromatic ring is 1. The molecule has 1 aromatic rings. The number of nitrogens with zero attached hydrogens (tertiary/aromatic N) is 2. The average molecular weight is 194 g/mol. The number of pyridine rings is 1. The first-order chi connectivity index (χ1) is 6.72. The third-order valence-electron chi connectivity index (χ3n) is 2.11. The lowest BCUT2D eigenvalue weighted by molar-refractivity contribution is 0.367. The Hall–Kier alpha value is -1.29. The van der Waals surface area contributed by atoms with Gasteiger partial charge in [-0.3, -0.25) is 0 Å². The Kier molecular flexibility index (Phi) is 4.19.